The Labute approximate surface area is 208 Å². The van der Waals surface area contributed by atoms with Crippen molar-refractivity contribution in [3.8, 4) is 0 Å². The lowest BCUT2D eigenvalue weighted by Crippen LogP contribution is -2.37. The zero-order valence-corrected chi connectivity index (χ0v) is 21.1. The molecule has 0 aromatic heterocycles. The zero-order chi connectivity index (χ0) is 24.8. The van der Waals surface area contributed by atoms with Gasteiger partial charge in [0.05, 0.1) is 4.90 Å². The lowest BCUT2D eigenvalue weighted by molar-refractivity contribution is -0.126. The van der Waals surface area contributed by atoms with Crippen LogP contribution in [0.3, 0.4) is 0 Å². The monoisotopic (exact) mass is 497 g/mol. The van der Waals surface area contributed by atoms with Gasteiger partial charge >= 0.3 is 0 Å². The fourth-order valence-electron chi connectivity index (χ4n) is 4.96. The summed E-state index contributed by atoms with van der Waals surface area (Å²) in [5, 5.41) is 5.93. The minimum atomic E-state index is -3.63. The summed E-state index contributed by atoms with van der Waals surface area (Å²) in [4.78, 5) is 24.6. The van der Waals surface area contributed by atoms with E-state index in [9.17, 15) is 18.0 Å². The summed E-state index contributed by atoms with van der Waals surface area (Å²) in [5.41, 5.74) is 2.76. The number of benzene rings is 2. The topological polar surface area (TPSA) is 104 Å². The number of nitrogens with one attached hydrogen (secondary N) is 3. The first-order chi connectivity index (χ1) is 16.8. The molecule has 2 aliphatic rings. The van der Waals surface area contributed by atoms with Crippen LogP contribution in [0.1, 0.15) is 62.5 Å². The van der Waals surface area contributed by atoms with Gasteiger partial charge in [0.2, 0.25) is 21.8 Å². The van der Waals surface area contributed by atoms with Crippen LogP contribution >= 0.6 is 0 Å². The third-order valence-corrected chi connectivity index (χ3v) is 8.66. The van der Waals surface area contributed by atoms with Crippen LogP contribution in [-0.2, 0) is 26.0 Å². The highest BCUT2D eigenvalue weighted by molar-refractivity contribution is 7.89. The molecule has 4 rings (SSSR count). The molecular weight excluding hydrogens is 462 g/mol. The standard InChI is InChI=1S/C27H35N3O4S/c1-19(21-6-3-2-4-7-21)17-28-27(32)22-12-10-20(11-13-22)18-29-35(33,34)24-14-15-25-23(16-24)8-5-9-26(31)30-25/h2-4,6-7,14-16,19-20,22,29H,5,8-13,17-18H2,1H3,(H,28,32)(H,30,31). The minimum Gasteiger partial charge on any atom is -0.355 e. The van der Waals surface area contributed by atoms with Crippen LogP contribution in [0.25, 0.3) is 0 Å². The molecule has 1 aliphatic heterocycles. The van der Waals surface area contributed by atoms with Gasteiger partial charge in [0.25, 0.3) is 0 Å². The van der Waals surface area contributed by atoms with Crippen LogP contribution < -0.4 is 15.4 Å². The summed E-state index contributed by atoms with van der Waals surface area (Å²) in [6.07, 6.45) is 5.02. The Bertz CT molecular complexity index is 1140. The molecule has 2 aromatic carbocycles. The molecule has 35 heavy (non-hydrogen) atoms. The molecule has 1 aliphatic carbocycles. The van der Waals surface area contributed by atoms with Crippen LogP contribution in [0, 0.1) is 11.8 Å². The van der Waals surface area contributed by atoms with Gasteiger partial charge in [0, 0.05) is 31.1 Å². The van der Waals surface area contributed by atoms with E-state index in [4.69, 9.17) is 0 Å². The van der Waals surface area contributed by atoms with E-state index < -0.39 is 10.0 Å². The van der Waals surface area contributed by atoms with Crippen molar-refractivity contribution in [1.29, 1.82) is 0 Å². The van der Waals surface area contributed by atoms with Crippen LogP contribution in [0.2, 0.25) is 0 Å². The molecule has 188 valence electrons. The van der Waals surface area contributed by atoms with Crippen molar-refractivity contribution in [2.24, 2.45) is 11.8 Å². The van der Waals surface area contributed by atoms with Crippen molar-refractivity contribution in [2.75, 3.05) is 18.4 Å². The average Bonchev–Trinajstić information content (AvgIpc) is 3.06. The van der Waals surface area contributed by atoms with Crippen LogP contribution in [-0.4, -0.2) is 33.3 Å². The van der Waals surface area contributed by atoms with Crippen molar-refractivity contribution in [2.45, 2.75) is 62.7 Å². The second-order valence-electron chi connectivity index (χ2n) is 9.85. The second kappa shape index (κ2) is 11.4. The highest BCUT2D eigenvalue weighted by Gasteiger charge is 2.28. The van der Waals surface area contributed by atoms with Gasteiger partial charge in [0.1, 0.15) is 0 Å². The van der Waals surface area contributed by atoms with E-state index in [0.717, 1.165) is 31.2 Å². The summed E-state index contributed by atoms with van der Waals surface area (Å²) < 4.78 is 28.5. The fourth-order valence-corrected chi connectivity index (χ4v) is 6.12. The smallest absolute Gasteiger partial charge is 0.240 e. The molecule has 1 atom stereocenters. The van der Waals surface area contributed by atoms with E-state index in [-0.39, 0.29) is 34.5 Å². The SMILES string of the molecule is CC(CNC(=O)C1CCC(CNS(=O)(=O)c2ccc3c(c2)CCCC(=O)N3)CC1)c1ccccc1. The fraction of sp³-hybridized carbons (Fsp3) is 0.481. The summed E-state index contributed by atoms with van der Waals surface area (Å²) in [6.45, 7) is 3.10. The number of aryl methyl sites for hydroxylation is 1. The van der Waals surface area contributed by atoms with Gasteiger partial charge in [-0.3, -0.25) is 9.59 Å². The van der Waals surface area contributed by atoms with Gasteiger partial charge in [-0.1, -0.05) is 37.3 Å². The van der Waals surface area contributed by atoms with E-state index in [0.29, 0.717) is 38.0 Å². The Balaban J connectivity index is 1.23. The largest absolute Gasteiger partial charge is 0.355 e. The number of amides is 2. The normalized spacial score (nSPS) is 21.3. The number of carbonyl (C=O) groups excluding carboxylic acids is 2. The number of anilines is 1. The first-order valence-electron chi connectivity index (χ1n) is 12.6. The van der Waals surface area contributed by atoms with Gasteiger partial charge in [-0.25, -0.2) is 13.1 Å². The molecule has 1 fully saturated rings. The lowest BCUT2D eigenvalue weighted by atomic mass is 9.81. The number of hydrogen-bond donors (Lipinski definition) is 3. The third-order valence-electron chi connectivity index (χ3n) is 7.24. The number of fused-ring (bicyclic) bond motifs is 1. The molecule has 7 nitrogen and oxygen atoms in total. The summed E-state index contributed by atoms with van der Waals surface area (Å²) in [5.74, 6) is 0.536. The van der Waals surface area contributed by atoms with E-state index in [1.54, 1.807) is 18.2 Å². The van der Waals surface area contributed by atoms with E-state index in [1.165, 1.54) is 5.56 Å². The molecule has 1 unspecified atom stereocenters. The maximum Gasteiger partial charge on any atom is 0.240 e. The molecule has 2 aromatic rings. The van der Waals surface area contributed by atoms with Crippen LogP contribution in [0.5, 0.6) is 0 Å². The molecule has 0 spiro atoms. The van der Waals surface area contributed by atoms with Crippen molar-refractivity contribution in [3.05, 3.63) is 59.7 Å². The summed E-state index contributed by atoms with van der Waals surface area (Å²) in [7, 11) is -3.63. The number of carbonyl (C=O) groups is 2. The highest BCUT2D eigenvalue weighted by atomic mass is 32.2. The minimum absolute atomic E-state index is 0.00868. The number of hydrogen-bond acceptors (Lipinski definition) is 4. The van der Waals surface area contributed by atoms with Gasteiger partial charge in [-0.2, -0.15) is 0 Å². The first kappa shape index (κ1) is 25.4. The third kappa shape index (κ3) is 6.70. The molecule has 0 saturated heterocycles. The van der Waals surface area contributed by atoms with Crippen LogP contribution in [0.15, 0.2) is 53.4 Å². The molecule has 0 radical (unpaired) electrons. The molecule has 1 heterocycles. The first-order valence-corrected chi connectivity index (χ1v) is 14.1. The van der Waals surface area contributed by atoms with Gasteiger partial charge < -0.3 is 10.6 Å². The Morgan fingerprint density at radius 1 is 1.06 bits per heavy atom. The van der Waals surface area contributed by atoms with Gasteiger partial charge in [-0.15, -0.1) is 0 Å². The Kier molecular flexibility index (Phi) is 8.23. The quantitative estimate of drug-likeness (QED) is 0.513. The maximum atomic E-state index is 12.9. The van der Waals surface area contributed by atoms with E-state index >= 15 is 0 Å². The highest BCUT2D eigenvalue weighted by Crippen LogP contribution is 2.30. The van der Waals surface area contributed by atoms with E-state index in [1.807, 2.05) is 18.2 Å². The van der Waals surface area contributed by atoms with Gasteiger partial charge in [0.15, 0.2) is 0 Å². The van der Waals surface area contributed by atoms with Gasteiger partial charge in [-0.05, 0) is 79.7 Å². The number of sulfonamides is 1. The molecule has 8 heteroatoms. The van der Waals surface area contributed by atoms with Crippen molar-refractivity contribution in [3.63, 3.8) is 0 Å². The Morgan fingerprint density at radius 3 is 2.54 bits per heavy atom. The van der Waals surface area contributed by atoms with Crippen LogP contribution in [0.4, 0.5) is 5.69 Å². The number of rotatable bonds is 8. The molecule has 2 amide bonds. The Morgan fingerprint density at radius 2 is 1.80 bits per heavy atom. The lowest BCUT2D eigenvalue weighted by Gasteiger charge is -2.28. The second-order valence-corrected chi connectivity index (χ2v) is 11.6. The summed E-state index contributed by atoms with van der Waals surface area (Å²) >= 11 is 0. The van der Waals surface area contributed by atoms with Crippen molar-refractivity contribution in [1.82, 2.24) is 10.0 Å². The summed E-state index contributed by atoms with van der Waals surface area (Å²) in [6, 6.07) is 15.0. The van der Waals surface area contributed by atoms with Crippen molar-refractivity contribution < 1.29 is 18.0 Å². The molecule has 3 N–H and O–H groups in total. The molecule has 0 bridgehead atoms. The predicted molar refractivity (Wildman–Crippen MR) is 137 cm³/mol. The predicted octanol–water partition coefficient (Wildman–Crippen LogP) is 3.97. The molecule has 1 saturated carbocycles. The maximum absolute atomic E-state index is 12.9. The van der Waals surface area contributed by atoms with Crippen molar-refractivity contribution >= 4 is 27.5 Å². The zero-order valence-electron chi connectivity index (χ0n) is 20.3. The average molecular weight is 498 g/mol. The Hall–Kier alpha value is -2.71. The van der Waals surface area contributed by atoms with E-state index in [2.05, 4.69) is 34.4 Å². The molecular formula is C27H35N3O4S.